The number of hydrogen-bond donors (Lipinski definition) is 0. The van der Waals surface area contributed by atoms with Crippen LogP contribution in [0.15, 0.2) is 12.2 Å². The zero-order chi connectivity index (χ0) is 7.11. The standard InChI is InChI=1S/C9H18.6CH4/c1-4-5-6-7-8-9(2)3;;;;;;/h7-9H,4-6H2,1-3H3;6*1H4. The number of allylic oxidation sites excluding steroid dienone is 2. The van der Waals surface area contributed by atoms with Gasteiger partial charge in [-0.25, -0.2) is 0 Å². The van der Waals surface area contributed by atoms with Crippen molar-refractivity contribution in [3.05, 3.63) is 12.2 Å². The second-order valence-corrected chi connectivity index (χ2v) is 2.81. The normalized spacial score (nSPS) is 6.93. The van der Waals surface area contributed by atoms with Crippen LogP contribution in [0.25, 0.3) is 0 Å². The molecule has 0 saturated carbocycles. The predicted octanol–water partition coefficient (Wildman–Crippen LogP) is 7.21. The third-order valence-electron chi connectivity index (χ3n) is 1.25. The maximum Gasteiger partial charge on any atom is -0.0290 e. The van der Waals surface area contributed by atoms with Crippen molar-refractivity contribution in [3.8, 4) is 0 Å². The molecule has 0 heterocycles. The molecule has 0 heteroatoms. The smallest absolute Gasteiger partial charge is 0.0290 e. The predicted molar refractivity (Wildman–Crippen MR) is 83.9 cm³/mol. The molecule has 0 amide bonds. The Labute approximate surface area is 103 Å². The van der Waals surface area contributed by atoms with Gasteiger partial charge in [0.1, 0.15) is 0 Å². The summed E-state index contributed by atoms with van der Waals surface area (Å²) in [6, 6.07) is 0. The Morgan fingerprint density at radius 2 is 1.27 bits per heavy atom. The minimum atomic E-state index is 0. The Bertz CT molecular complexity index is 70.1. The van der Waals surface area contributed by atoms with E-state index in [1.54, 1.807) is 0 Å². The lowest BCUT2D eigenvalue weighted by Crippen LogP contribution is -1.76. The fraction of sp³-hybridized carbons (Fsp3) is 0.867. The molecule has 0 unspecified atom stereocenters. The third kappa shape index (κ3) is 57.5. The zero-order valence-corrected chi connectivity index (χ0v) is 6.85. The summed E-state index contributed by atoms with van der Waals surface area (Å²) >= 11 is 0. The maximum atomic E-state index is 2.29. The van der Waals surface area contributed by atoms with Crippen molar-refractivity contribution in [2.45, 2.75) is 84.6 Å². The van der Waals surface area contributed by atoms with Gasteiger partial charge >= 0.3 is 0 Å². The third-order valence-corrected chi connectivity index (χ3v) is 1.25. The lowest BCUT2D eigenvalue weighted by Gasteiger charge is -1.92. The quantitative estimate of drug-likeness (QED) is 0.348. The molecular weight excluding hydrogens is 180 g/mol. The van der Waals surface area contributed by atoms with Gasteiger partial charge in [0, 0.05) is 0 Å². The summed E-state index contributed by atoms with van der Waals surface area (Å²) in [4.78, 5) is 0. The molecule has 0 aliphatic carbocycles. The van der Waals surface area contributed by atoms with E-state index in [1.165, 1.54) is 19.3 Å². The van der Waals surface area contributed by atoms with Crippen molar-refractivity contribution in [2.75, 3.05) is 0 Å². The van der Waals surface area contributed by atoms with Crippen molar-refractivity contribution in [1.29, 1.82) is 0 Å². The van der Waals surface area contributed by atoms with Crippen molar-refractivity contribution in [3.63, 3.8) is 0 Å². The van der Waals surface area contributed by atoms with Crippen LogP contribution in [0.3, 0.4) is 0 Å². The Hall–Kier alpha value is -0.260. The van der Waals surface area contributed by atoms with E-state index in [-0.39, 0.29) is 44.6 Å². The molecule has 0 aromatic carbocycles. The Kier molecular flexibility index (Phi) is 115. The second kappa shape index (κ2) is 37.2. The van der Waals surface area contributed by atoms with Crippen molar-refractivity contribution >= 4 is 0 Å². The molecule has 0 aliphatic rings. The summed E-state index contributed by atoms with van der Waals surface area (Å²) in [5, 5.41) is 0. The molecule has 0 aromatic heterocycles. The Morgan fingerprint density at radius 1 is 0.867 bits per heavy atom. The van der Waals surface area contributed by atoms with Crippen LogP contribution < -0.4 is 0 Å². The van der Waals surface area contributed by atoms with Crippen molar-refractivity contribution < 1.29 is 0 Å². The largest absolute Gasteiger partial charge is 0.0883 e. The molecule has 0 fully saturated rings. The van der Waals surface area contributed by atoms with Gasteiger partial charge in [-0.1, -0.05) is 90.3 Å². The number of hydrogen-bond acceptors (Lipinski definition) is 0. The summed E-state index contributed by atoms with van der Waals surface area (Å²) in [6.07, 6.45) is 8.46. The molecule has 0 radical (unpaired) electrons. The fourth-order valence-corrected chi connectivity index (χ4v) is 0.690. The van der Waals surface area contributed by atoms with E-state index in [0.717, 1.165) is 5.92 Å². The van der Waals surface area contributed by atoms with Gasteiger partial charge in [0.05, 0.1) is 0 Å². The lowest BCUT2D eigenvalue weighted by molar-refractivity contribution is 0.788. The highest BCUT2D eigenvalue weighted by Gasteiger charge is 1.82. The highest BCUT2D eigenvalue weighted by Crippen LogP contribution is 1.99. The Morgan fingerprint density at radius 3 is 1.53 bits per heavy atom. The molecule has 0 N–H and O–H groups in total. The van der Waals surface area contributed by atoms with Crippen LogP contribution in [0.2, 0.25) is 0 Å². The van der Waals surface area contributed by atoms with Crippen LogP contribution in [0.1, 0.15) is 84.6 Å². The molecule has 0 rings (SSSR count). The SMILES string of the molecule is C.C.C.C.C.C.CCCCC=CC(C)C. The second-order valence-electron chi connectivity index (χ2n) is 2.81. The van der Waals surface area contributed by atoms with Gasteiger partial charge in [-0.05, 0) is 12.3 Å². The van der Waals surface area contributed by atoms with E-state index < -0.39 is 0 Å². The molecule has 0 nitrogen and oxygen atoms in total. The van der Waals surface area contributed by atoms with Crippen LogP contribution in [0, 0.1) is 5.92 Å². The topological polar surface area (TPSA) is 0 Å². The molecular formula is C15H42. The van der Waals surface area contributed by atoms with E-state index in [0.29, 0.717) is 0 Å². The van der Waals surface area contributed by atoms with E-state index in [2.05, 4.69) is 32.9 Å². The monoisotopic (exact) mass is 222 g/mol. The molecule has 102 valence electrons. The zero-order valence-electron chi connectivity index (χ0n) is 6.85. The van der Waals surface area contributed by atoms with Gasteiger partial charge in [-0.3, -0.25) is 0 Å². The van der Waals surface area contributed by atoms with Crippen LogP contribution in [0.4, 0.5) is 0 Å². The highest BCUT2D eigenvalue weighted by molar-refractivity contribution is 4.83. The van der Waals surface area contributed by atoms with Gasteiger partial charge in [-0.15, -0.1) is 0 Å². The average molecular weight is 223 g/mol. The first kappa shape index (κ1) is 46.5. The maximum absolute atomic E-state index is 2.29. The molecule has 0 atom stereocenters. The molecule has 0 aliphatic heterocycles. The van der Waals surface area contributed by atoms with Crippen LogP contribution in [-0.4, -0.2) is 0 Å². The molecule has 0 saturated heterocycles. The van der Waals surface area contributed by atoms with Gasteiger partial charge in [-0.2, -0.15) is 0 Å². The van der Waals surface area contributed by atoms with E-state index in [4.69, 9.17) is 0 Å². The van der Waals surface area contributed by atoms with Crippen LogP contribution in [-0.2, 0) is 0 Å². The molecule has 0 spiro atoms. The lowest BCUT2D eigenvalue weighted by atomic mass is 10.1. The van der Waals surface area contributed by atoms with E-state index >= 15 is 0 Å². The first-order valence-corrected chi connectivity index (χ1v) is 3.94. The van der Waals surface area contributed by atoms with Crippen LogP contribution in [0.5, 0.6) is 0 Å². The van der Waals surface area contributed by atoms with E-state index in [1.807, 2.05) is 0 Å². The summed E-state index contributed by atoms with van der Waals surface area (Å²) in [5.41, 5.74) is 0. The van der Waals surface area contributed by atoms with Gasteiger partial charge < -0.3 is 0 Å². The summed E-state index contributed by atoms with van der Waals surface area (Å²) in [6.45, 7) is 6.65. The highest BCUT2D eigenvalue weighted by atomic mass is 13.9. The first-order chi connectivity index (χ1) is 4.27. The van der Waals surface area contributed by atoms with E-state index in [9.17, 15) is 0 Å². The van der Waals surface area contributed by atoms with Gasteiger partial charge in [0.2, 0.25) is 0 Å². The summed E-state index contributed by atoms with van der Waals surface area (Å²) in [7, 11) is 0. The van der Waals surface area contributed by atoms with Crippen molar-refractivity contribution in [1.82, 2.24) is 0 Å². The minimum absolute atomic E-state index is 0. The van der Waals surface area contributed by atoms with Crippen molar-refractivity contribution in [2.24, 2.45) is 5.92 Å². The first-order valence-electron chi connectivity index (χ1n) is 3.94. The molecule has 0 aromatic rings. The van der Waals surface area contributed by atoms with Gasteiger partial charge in [0.15, 0.2) is 0 Å². The number of unbranched alkanes of at least 4 members (excludes halogenated alkanes) is 2. The van der Waals surface area contributed by atoms with Crippen LogP contribution >= 0.6 is 0 Å². The average Bonchev–Trinajstić information content (AvgIpc) is 1.80. The van der Waals surface area contributed by atoms with Gasteiger partial charge in [0.25, 0.3) is 0 Å². The Balaban J connectivity index is -0.0000000213. The summed E-state index contributed by atoms with van der Waals surface area (Å²) in [5.74, 6) is 0.724. The number of rotatable bonds is 4. The summed E-state index contributed by atoms with van der Waals surface area (Å²) < 4.78 is 0. The molecule has 15 heavy (non-hydrogen) atoms. The minimum Gasteiger partial charge on any atom is -0.0883 e. The molecule has 0 bridgehead atoms. The fourth-order valence-electron chi connectivity index (χ4n) is 0.690.